The predicted molar refractivity (Wildman–Crippen MR) is 78.7 cm³/mol. The quantitative estimate of drug-likeness (QED) is 0.847. The van der Waals surface area contributed by atoms with E-state index in [0.717, 1.165) is 14.8 Å². The highest BCUT2D eigenvalue weighted by Gasteiger charge is 2.09. The van der Waals surface area contributed by atoms with E-state index < -0.39 is 5.97 Å². The zero-order valence-electron chi connectivity index (χ0n) is 9.85. The van der Waals surface area contributed by atoms with Crippen LogP contribution in [0.1, 0.15) is 10.4 Å². The van der Waals surface area contributed by atoms with Crippen molar-refractivity contribution in [1.29, 1.82) is 0 Å². The van der Waals surface area contributed by atoms with E-state index in [9.17, 15) is 4.79 Å². The van der Waals surface area contributed by atoms with Gasteiger partial charge < -0.3 is 14.4 Å². The zero-order chi connectivity index (χ0) is 13.8. The van der Waals surface area contributed by atoms with Gasteiger partial charge in [-0.1, -0.05) is 15.9 Å². The number of carbonyl (C=O) groups is 1. The molecule has 1 aromatic carbocycles. The van der Waals surface area contributed by atoms with Crippen molar-refractivity contribution < 1.29 is 14.6 Å². The smallest absolute Gasteiger partial charge is 0.337 e. The highest BCUT2D eigenvalue weighted by Crippen LogP contribution is 2.17. The lowest BCUT2D eigenvalue weighted by Crippen LogP contribution is -2.07. The predicted octanol–water partition coefficient (Wildman–Crippen LogP) is 3.79. The summed E-state index contributed by atoms with van der Waals surface area (Å²) in [6, 6.07) is 9.13. The lowest BCUT2D eigenvalue weighted by molar-refractivity contribution is 0.0696. The molecule has 0 spiro atoms. The minimum atomic E-state index is -0.937. The summed E-state index contributed by atoms with van der Waals surface area (Å²) in [7, 11) is 0. The molecule has 1 N–H and O–H groups in total. The average molecular weight is 389 g/mol. The molecule has 4 nitrogen and oxygen atoms in total. The number of rotatable bonds is 5. The molecular weight excluding hydrogens is 378 g/mol. The second-order valence-corrected chi connectivity index (χ2v) is 5.58. The molecule has 19 heavy (non-hydrogen) atoms. The largest absolute Gasteiger partial charge is 0.492 e. The summed E-state index contributed by atoms with van der Waals surface area (Å²) in [5, 5.41) is 8.88. The number of ether oxygens (including phenoxy) is 1. The molecule has 0 aliphatic heterocycles. The molecule has 1 aromatic heterocycles. The maximum atomic E-state index is 10.8. The van der Waals surface area contributed by atoms with Gasteiger partial charge in [-0.2, -0.15) is 0 Å². The minimum absolute atomic E-state index is 0.260. The van der Waals surface area contributed by atoms with Crippen molar-refractivity contribution in [2.75, 3.05) is 6.61 Å². The maximum absolute atomic E-state index is 10.8. The van der Waals surface area contributed by atoms with Crippen molar-refractivity contribution in [1.82, 2.24) is 4.57 Å². The van der Waals surface area contributed by atoms with Crippen LogP contribution in [0.3, 0.4) is 0 Å². The summed E-state index contributed by atoms with van der Waals surface area (Å²) in [6.45, 7) is 1.04. The Balaban J connectivity index is 1.92. The van der Waals surface area contributed by atoms with Crippen LogP contribution in [0.4, 0.5) is 0 Å². The van der Waals surface area contributed by atoms with E-state index in [0.29, 0.717) is 13.2 Å². The normalized spacial score (nSPS) is 10.4. The van der Waals surface area contributed by atoms with E-state index in [4.69, 9.17) is 9.84 Å². The number of nitrogens with zero attached hydrogens (tertiary/aromatic N) is 1. The van der Waals surface area contributed by atoms with Crippen molar-refractivity contribution in [3.05, 3.63) is 51.2 Å². The van der Waals surface area contributed by atoms with Gasteiger partial charge in [0, 0.05) is 10.7 Å². The first kappa shape index (κ1) is 14.1. The fourth-order valence-corrected chi connectivity index (χ4v) is 2.35. The minimum Gasteiger partial charge on any atom is -0.492 e. The number of carboxylic acid groups (broad SMARTS) is 1. The van der Waals surface area contributed by atoms with Gasteiger partial charge in [-0.3, -0.25) is 0 Å². The van der Waals surface area contributed by atoms with Gasteiger partial charge in [0.25, 0.3) is 0 Å². The van der Waals surface area contributed by atoms with Crippen LogP contribution in [0.25, 0.3) is 0 Å². The first-order valence-electron chi connectivity index (χ1n) is 5.53. The topological polar surface area (TPSA) is 51.5 Å². The molecule has 100 valence electrons. The summed E-state index contributed by atoms with van der Waals surface area (Å²) in [4.78, 5) is 10.8. The van der Waals surface area contributed by atoms with Gasteiger partial charge in [-0.15, -0.1) is 0 Å². The standard InChI is InChI=1S/C13H11Br2NO3/c14-10-1-3-11(4-2-10)19-6-5-16-8-9(13(17)18)7-12(16)15/h1-4,7-8H,5-6H2,(H,17,18). The van der Waals surface area contributed by atoms with Crippen LogP contribution in [0, 0.1) is 0 Å². The molecule has 0 atom stereocenters. The second-order valence-electron chi connectivity index (χ2n) is 3.85. The molecule has 0 fully saturated rings. The molecule has 2 rings (SSSR count). The second kappa shape index (κ2) is 6.25. The Hall–Kier alpha value is -1.27. The summed E-state index contributed by atoms with van der Waals surface area (Å²) < 4.78 is 9.10. The third-order valence-corrected chi connectivity index (χ3v) is 3.72. The van der Waals surface area contributed by atoms with E-state index in [1.807, 2.05) is 24.3 Å². The van der Waals surface area contributed by atoms with Crippen molar-refractivity contribution in [3.8, 4) is 5.75 Å². The van der Waals surface area contributed by atoms with Crippen molar-refractivity contribution in [2.45, 2.75) is 6.54 Å². The third-order valence-electron chi connectivity index (χ3n) is 2.51. The Morgan fingerprint density at radius 3 is 2.53 bits per heavy atom. The first-order chi connectivity index (χ1) is 9.06. The molecule has 0 bridgehead atoms. The van der Waals surface area contributed by atoms with Crippen LogP contribution >= 0.6 is 31.9 Å². The number of aromatic nitrogens is 1. The summed E-state index contributed by atoms with van der Waals surface area (Å²) in [6.07, 6.45) is 1.58. The molecular formula is C13H11Br2NO3. The number of hydrogen-bond donors (Lipinski definition) is 1. The van der Waals surface area contributed by atoms with E-state index >= 15 is 0 Å². The fourth-order valence-electron chi connectivity index (χ4n) is 1.56. The molecule has 0 saturated heterocycles. The number of hydrogen-bond acceptors (Lipinski definition) is 2. The number of aromatic carboxylic acids is 1. The lowest BCUT2D eigenvalue weighted by atomic mass is 10.3. The van der Waals surface area contributed by atoms with Crippen LogP contribution in [-0.2, 0) is 6.54 Å². The summed E-state index contributed by atoms with van der Waals surface area (Å²) >= 11 is 6.67. The van der Waals surface area contributed by atoms with Crippen LogP contribution < -0.4 is 4.74 Å². The molecule has 6 heteroatoms. The van der Waals surface area contributed by atoms with Crippen LogP contribution in [0.15, 0.2) is 45.6 Å². The Bertz CT molecular complexity index is 578. The summed E-state index contributed by atoms with van der Waals surface area (Å²) in [5.41, 5.74) is 0.260. The van der Waals surface area contributed by atoms with Gasteiger partial charge in [0.1, 0.15) is 12.4 Å². The number of carboxylic acids is 1. The van der Waals surface area contributed by atoms with E-state index in [1.165, 1.54) is 0 Å². The molecule has 0 radical (unpaired) electrons. The summed E-state index contributed by atoms with van der Waals surface area (Å²) in [5.74, 6) is -0.154. The van der Waals surface area contributed by atoms with Crippen LogP contribution in [0.2, 0.25) is 0 Å². The third kappa shape index (κ3) is 3.84. The first-order valence-corrected chi connectivity index (χ1v) is 7.12. The van der Waals surface area contributed by atoms with Gasteiger partial charge in [0.05, 0.1) is 16.7 Å². The van der Waals surface area contributed by atoms with E-state index in [1.54, 1.807) is 16.8 Å². The molecule has 1 heterocycles. The van der Waals surface area contributed by atoms with Crippen LogP contribution in [0.5, 0.6) is 5.75 Å². The van der Waals surface area contributed by atoms with Gasteiger partial charge in [0.15, 0.2) is 0 Å². The fraction of sp³-hybridized carbons (Fsp3) is 0.154. The maximum Gasteiger partial charge on any atom is 0.337 e. The van der Waals surface area contributed by atoms with Crippen molar-refractivity contribution in [3.63, 3.8) is 0 Å². The number of halogens is 2. The average Bonchev–Trinajstić information content (AvgIpc) is 2.74. The van der Waals surface area contributed by atoms with Crippen molar-refractivity contribution in [2.24, 2.45) is 0 Å². The van der Waals surface area contributed by atoms with Crippen LogP contribution in [-0.4, -0.2) is 22.2 Å². The van der Waals surface area contributed by atoms with Gasteiger partial charge >= 0.3 is 5.97 Å². The van der Waals surface area contributed by atoms with Gasteiger partial charge in [-0.05, 0) is 46.3 Å². The zero-order valence-corrected chi connectivity index (χ0v) is 13.0. The Kier molecular flexibility index (Phi) is 4.66. The molecule has 0 aliphatic carbocycles. The highest BCUT2D eigenvalue weighted by atomic mass is 79.9. The molecule has 0 saturated carbocycles. The molecule has 0 aliphatic rings. The van der Waals surface area contributed by atoms with E-state index in [2.05, 4.69) is 31.9 Å². The van der Waals surface area contributed by atoms with Crippen molar-refractivity contribution >= 4 is 37.8 Å². The monoisotopic (exact) mass is 387 g/mol. The Labute approximate surface area is 127 Å². The SMILES string of the molecule is O=C(O)c1cc(Br)n(CCOc2ccc(Br)cc2)c1. The Morgan fingerprint density at radius 2 is 1.95 bits per heavy atom. The van der Waals surface area contributed by atoms with Gasteiger partial charge in [-0.25, -0.2) is 4.79 Å². The lowest BCUT2D eigenvalue weighted by Gasteiger charge is -2.08. The molecule has 0 amide bonds. The highest BCUT2D eigenvalue weighted by molar-refractivity contribution is 9.10. The van der Waals surface area contributed by atoms with Gasteiger partial charge in [0.2, 0.25) is 0 Å². The Morgan fingerprint density at radius 1 is 1.26 bits per heavy atom. The molecule has 2 aromatic rings. The molecule has 0 unspecified atom stereocenters. The van der Waals surface area contributed by atoms with E-state index in [-0.39, 0.29) is 5.56 Å². The number of benzene rings is 1.